The number of allylic oxidation sites excluding steroid dienone is 6. The summed E-state index contributed by atoms with van der Waals surface area (Å²) in [6, 6.07) is 0. The number of hydrogen-bond donors (Lipinski definition) is 1. The Bertz CT molecular complexity index is 456. The second-order valence-electron chi connectivity index (χ2n) is 4.44. The third kappa shape index (κ3) is 5.38. The molecule has 0 aliphatic heterocycles. The highest BCUT2D eigenvalue weighted by Gasteiger charge is 2.14. The van der Waals surface area contributed by atoms with Crippen molar-refractivity contribution < 1.29 is 14.6 Å². The highest BCUT2D eigenvalue weighted by atomic mass is 79.9. The molecule has 2 aliphatic rings. The summed E-state index contributed by atoms with van der Waals surface area (Å²) in [6.07, 6.45) is 9.46. The van der Waals surface area contributed by atoms with Gasteiger partial charge in [-0.2, -0.15) is 0 Å². The van der Waals surface area contributed by atoms with E-state index in [1.54, 1.807) is 0 Å². The molecule has 3 nitrogen and oxygen atoms in total. The normalized spacial score (nSPS) is 16.6. The van der Waals surface area contributed by atoms with Crippen LogP contribution in [0, 0.1) is 0 Å². The lowest BCUT2D eigenvalue weighted by Gasteiger charge is -1.99. The van der Waals surface area contributed by atoms with Crippen molar-refractivity contribution in [1.29, 1.82) is 0 Å². The molecule has 0 saturated heterocycles. The highest BCUT2D eigenvalue weighted by Crippen LogP contribution is 2.21. The summed E-state index contributed by atoms with van der Waals surface area (Å²) < 4.78 is 4.57. The fourth-order valence-electron chi connectivity index (χ4n) is 1.79. The number of carbonyl (C=O) groups is 1. The minimum atomic E-state index is -0.225. The number of alkyl halides is 2. The van der Waals surface area contributed by atoms with Gasteiger partial charge in [0.15, 0.2) is 0 Å². The van der Waals surface area contributed by atoms with Crippen LogP contribution in [-0.2, 0) is 9.53 Å². The van der Waals surface area contributed by atoms with E-state index >= 15 is 0 Å². The minimum Gasteiger partial charge on any atom is -0.466 e. The Kier molecular flexibility index (Phi) is 8.11. The zero-order chi connectivity index (χ0) is 15.0. The molecule has 1 N–H and O–H groups in total. The quantitative estimate of drug-likeness (QED) is 0.575. The lowest BCUT2D eigenvalue weighted by molar-refractivity contribution is -0.136. The SMILES string of the molecule is COC(=O)C1=CC=C(CBr)C1.OCC1=CC=C(CBr)C1. The van der Waals surface area contributed by atoms with Gasteiger partial charge in [0.2, 0.25) is 0 Å². The van der Waals surface area contributed by atoms with Gasteiger partial charge in [-0.25, -0.2) is 4.79 Å². The van der Waals surface area contributed by atoms with Crippen LogP contribution in [-0.4, -0.2) is 35.5 Å². The molecule has 0 aromatic heterocycles. The maximum atomic E-state index is 10.9. The maximum absolute atomic E-state index is 10.9. The average molecular weight is 406 g/mol. The van der Waals surface area contributed by atoms with Crippen molar-refractivity contribution in [1.82, 2.24) is 0 Å². The van der Waals surface area contributed by atoms with Gasteiger partial charge >= 0.3 is 5.97 Å². The van der Waals surface area contributed by atoms with E-state index in [9.17, 15) is 4.79 Å². The number of methoxy groups -OCH3 is 1. The largest absolute Gasteiger partial charge is 0.466 e. The number of ether oxygens (including phenoxy) is 1. The van der Waals surface area contributed by atoms with Gasteiger partial charge in [-0.15, -0.1) is 0 Å². The molecule has 0 heterocycles. The Hall–Kier alpha value is -0.650. The van der Waals surface area contributed by atoms with Crippen molar-refractivity contribution in [3.05, 3.63) is 46.6 Å². The Labute approximate surface area is 136 Å². The monoisotopic (exact) mass is 404 g/mol. The molecule has 0 bridgehead atoms. The van der Waals surface area contributed by atoms with Crippen molar-refractivity contribution in [3.63, 3.8) is 0 Å². The molecule has 0 aromatic rings. The van der Waals surface area contributed by atoms with Gasteiger partial charge in [-0.1, -0.05) is 67.3 Å². The van der Waals surface area contributed by atoms with E-state index in [-0.39, 0.29) is 12.6 Å². The Morgan fingerprint density at radius 2 is 1.65 bits per heavy atom. The van der Waals surface area contributed by atoms with E-state index in [0.29, 0.717) is 0 Å². The predicted molar refractivity (Wildman–Crippen MR) is 88.3 cm³/mol. The van der Waals surface area contributed by atoms with Crippen LogP contribution in [0.25, 0.3) is 0 Å². The second-order valence-corrected chi connectivity index (χ2v) is 5.56. The summed E-state index contributed by atoms with van der Waals surface area (Å²) in [5, 5.41) is 10.4. The molecular formula is C15H18Br2O3. The molecule has 5 heteroatoms. The van der Waals surface area contributed by atoms with Gasteiger partial charge in [-0.3, -0.25) is 0 Å². The fourth-order valence-corrected chi connectivity index (χ4v) is 2.56. The average Bonchev–Trinajstić information content (AvgIpc) is 3.15. The number of hydrogen-bond acceptors (Lipinski definition) is 3. The van der Waals surface area contributed by atoms with E-state index in [1.807, 2.05) is 18.2 Å². The minimum absolute atomic E-state index is 0.201. The van der Waals surface area contributed by atoms with Crippen LogP contribution in [0.2, 0.25) is 0 Å². The highest BCUT2D eigenvalue weighted by molar-refractivity contribution is 9.09. The zero-order valence-corrected chi connectivity index (χ0v) is 14.5. The second kappa shape index (κ2) is 9.32. The molecule has 2 rings (SSSR count). The molecule has 0 aromatic carbocycles. The van der Waals surface area contributed by atoms with Crippen LogP contribution in [0.3, 0.4) is 0 Å². The first kappa shape index (κ1) is 17.4. The molecule has 110 valence electrons. The maximum Gasteiger partial charge on any atom is 0.334 e. The topological polar surface area (TPSA) is 46.5 Å². The molecular weight excluding hydrogens is 388 g/mol. The molecule has 2 aliphatic carbocycles. The third-order valence-corrected chi connectivity index (χ3v) is 4.38. The molecule has 0 amide bonds. The van der Waals surface area contributed by atoms with E-state index in [1.165, 1.54) is 18.3 Å². The van der Waals surface area contributed by atoms with Crippen molar-refractivity contribution >= 4 is 37.8 Å². The van der Waals surface area contributed by atoms with Gasteiger partial charge in [0.1, 0.15) is 0 Å². The summed E-state index contributed by atoms with van der Waals surface area (Å²) >= 11 is 6.67. The van der Waals surface area contributed by atoms with Crippen molar-refractivity contribution in [2.45, 2.75) is 12.8 Å². The van der Waals surface area contributed by atoms with Gasteiger partial charge < -0.3 is 9.84 Å². The van der Waals surface area contributed by atoms with Crippen LogP contribution in [0.4, 0.5) is 0 Å². The van der Waals surface area contributed by atoms with Gasteiger partial charge in [-0.05, 0) is 12.0 Å². The third-order valence-electron chi connectivity index (χ3n) is 2.94. The summed E-state index contributed by atoms with van der Waals surface area (Å²) in [4.78, 5) is 10.9. The number of carbonyl (C=O) groups excluding carboxylic acids is 1. The van der Waals surface area contributed by atoms with Gasteiger partial charge in [0.25, 0.3) is 0 Å². The zero-order valence-electron chi connectivity index (χ0n) is 11.4. The first-order valence-corrected chi connectivity index (χ1v) is 8.46. The molecule has 0 unspecified atom stereocenters. The number of halogens is 2. The van der Waals surface area contributed by atoms with Crippen molar-refractivity contribution in [2.75, 3.05) is 24.4 Å². The van der Waals surface area contributed by atoms with Crippen LogP contribution in [0.5, 0.6) is 0 Å². The van der Waals surface area contributed by atoms with Crippen LogP contribution in [0.1, 0.15) is 12.8 Å². The van der Waals surface area contributed by atoms with Crippen molar-refractivity contribution in [3.8, 4) is 0 Å². The molecule has 20 heavy (non-hydrogen) atoms. The molecule has 0 saturated carbocycles. The van der Waals surface area contributed by atoms with Gasteiger partial charge in [0, 0.05) is 22.7 Å². The summed E-state index contributed by atoms with van der Waals surface area (Å²) in [5.41, 5.74) is 4.41. The lowest BCUT2D eigenvalue weighted by atomic mass is 10.2. The number of rotatable bonds is 4. The molecule has 0 atom stereocenters. The smallest absolute Gasteiger partial charge is 0.334 e. The molecule has 0 radical (unpaired) electrons. The van der Waals surface area contributed by atoms with Crippen molar-refractivity contribution in [2.24, 2.45) is 0 Å². The van der Waals surface area contributed by atoms with Crippen LogP contribution in [0.15, 0.2) is 46.6 Å². The standard InChI is InChI=1S/C8H9BrO2.C7H9BrO/c1-11-8(10)7-3-2-6(4-7)5-9;8-4-6-1-2-7(3-6)5-9/h2-3H,4-5H2,1H3;1-2,9H,3-5H2. The Morgan fingerprint density at radius 1 is 1.10 bits per heavy atom. The molecule has 0 spiro atoms. The summed E-state index contributed by atoms with van der Waals surface area (Å²) in [7, 11) is 1.40. The lowest BCUT2D eigenvalue weighted by Crippen LogP contribution is -2.03. The number of esters is 1. The van der Waals surface area contributed by atoms with E-state index in [2.05, 4.69) is 42.7 Å². The van der Waals surface area contributed by atoms with E-state index in [4.69, 9.17) is 5.11 Å². The fraction of sp³-hybridized carbons (Fsp3) is 0.400. The molecule has 0 fully saturated rings. The van der Waals surface area contributed by atoms with Crippen LogP contribution >= 0.6 is 31.9 Å². The predicted octanol–water partition coefficient (Wildman–Crippen LogP) is 3.44. The van der Waals surface area contributed by atoms with E-state index < -0.39 is 0 Å². The Morgan fingerprint density at radius 3 is 2.05 bits per heavy atom. The summed E-state index contributed by atoms with van der Waals surface area (Å²) in [5.74, 6) is -0.225. The summed E-state index contributed by atoms with van der Waals surface area (Å²) in [6.45, 7) is 0.201. The number of aliphatic hydroxyl groups is 1. The van der Waals surface area contributed by atoms with Crippen LogP contribution < -0.4 is 0 Å². The first-order valence-electron chi connectivity index (χ1n) is 6.21. The number of aliphatic hydroxyl groups excluding tert-OH is 1. The first-order chi connectivity index (χ1) is 9.64. The van der Waals surface area contributed by atoms with Gasteiger partial charge in [0.05, 0.1) is 13.7 Å². The Balaban J connectivity index is 0.000000204. The van der Waals surface area contributed by atoms with E-state index in [0.717, 1.165) is 34.6 Å².